The van der Waals surface area contributed by atoms with Crippen LogP contribution >= 0.6 is 16.1 Å². The van der Waals surface area contributed by atoms with E-state index in [9.17, 15) is 4.57 Å². The highest BCUT2D eigenvalue weighted by Crippen LogP contribution is 2.48. The summed E-state index contributed by atoms with van der Waals surface area (Å²) in [4.78, 5) is 0. The Kier molecular flexibility index (Phi) is 17.6. The number of hydrogen-bond acceptors (Lipinski definition) is 9. The second-order valence-corrected chi connectivity index (χ2v) is 10.3. The summed E-state index contributed by atoms with van der Waals surface area (Å²) < 4.78 is 47.8. The highest BCUT2D eigenvalue weighted by molar-refractivity contribution is 7.57. The van der Waals surface area contributed by atoms with Crippen molar-refractivity contribution in [2.45, 2.75) is 45.3 Å². The first-order valence-electron chi connectivity index (χ1n) is 10.2. The summed E-state index contributed by atoms with van der Waals surface area (Å²) in [6.07, 6.45) is 3.00. The molecule has 0 aromatic heterocycles. The first-order valence-corrected chi connectivity index (χ1v) is 12.9. The largest absolute Gasteiger partial charge is 0.376 e. The van der Waals surface area contributed by atoms with E-state index in [4.69, 9.17) is 32.8 Å². The van der Waals surface area contributed by atoms with E-state index >= 15 is 0 Å². The minimum Gasteiger partial charge on any atom is -0.376 e. The molecular weight excluding hydrogens is 441 g/mol. The molecule has 0 radical (unpaired) electrons. The van der Waals surface area contributed by atoms with Crippen molar-refractivity contribution in [1.29, 1.82) is 5.26 Å². The monoisotopic (exact) mass is 478 g/mol. The van der Waals surface area contributed by atoms with Gasteiger partial charge in [0.15, 0.2) is 0 Å². The van der Waals surface area contributed by atoms with Crippen LogP contribution in [0.1, 0.15) is 27.2 Å². The maximum atomic E-state index is 12.4. The van der Waals surface area contributed by atoms with Crippen LogP contribution in [0.3, 0.4) is 0 Å². The lowest BCUT2D eigenvalue weighted by Crippen LogP contribution is -2.31. The Labute approximate surface area is 189 Å². The highest BCUT2D eigenvalue weighted by atomic mass is 31.2. The summed E-state index contributed by atoms with van der Waals surface area (Å²) in [7, 11) is -0.245. The molecule has 31 heavy (non-hydrogen) atoms. The van der Waals surface area contributed by atoms with Crippen LogP contribution in [-0.2, 0) is 32.1 Å². The van der Waals surface area contributed by atoms with Crippen LogP contribution < -0.4 is 0 Å². The van der Waals surface area contributed by atoms with Crippen molar-refractivity contribution in [3.63, 3.8) is 0 Å². The van der Waals surface area contributed by atoms with Crippen LogP contribution in [0.2, 0.25) is 0 Å². The first-order chi connectivity index (χ1) is 14.8. The Morgan fingerprint density at radius 3 is 2.45 bits per heavy atom. The molecule has 3 atom stereocenters. The molecule has 0 aliphatic heterocycles. The second kappa shape index (κ2) is 17.9. The smallest absolute Gasteiger partial charge is 0.353 e. The predicted octanol–water partition coefficient (Wildman–Crippen LogP) is 3.44. The van der Waals surface area contributed by atoms with Crippen molar-refractivity contribution in [3.8, 4) is 6.07 Å². The van der Waals surface area contributed by atoms with E-state index in [1.807, 2.05) is 14.8 Å². The van der Waals surface area contributed by atoms with Crippen molar-refractivity contribution in [2.75, 3.05) is 47.2 Å². The predicted molar refractivity (Wildman–Crippen MR) is 126 cm³/mol. The van der Waals surface area contributed by atoms with Gasteiger partial charge in [0.05, 0.1) is 45.0 Å². The molecule has 0 amide bonds. The minimum atomic E-state index is -3.35. The van der Waals surface area contributed by atoms with Crippen molar-refractivity contribution in [3.05, 3.63) is 24.5 Å². The van der Waals surface area contributed by atoms with E-state index in [1.165, 1.54) is 20.0 Å². The summed E-state index contributed by atoms with van der Waals surface area (Å²) in [6, 6.07) is 2.02. The van der Waals surface area contributed by atoms with Gasteiger partial charge in [-0.15, -0.1) is 6.58 Å². The van der Waals surface area contributed by atoms with Gasteiger partial charge in [-0.2, -0.15) is 5.26 Å². The molecule has 0 aliphatic carbocycles. The van der Waals surface area contributed by atoms with Crippen LogP contribution in [0.4, 0.5) is 0 Å². The summed E-state index contributed by atoms with van der Waals surface area (Å²) in [5, 5.41) is 8.81. The average molecular weight is 478 g/mol. The van der Waals surface area contributed by atoms with Gasteiger partial charge in [-0.05, 0) is 19.9 Å². The quantitative estimate of drug-likeness (QED) is 0.120. The van der Waals surface area contributed by atoms with Crippen LogP contribution in [0.15, 0.2) is 24.5 Å². The van der Waals surface area contributed by atoms with Crippen molar-refractivity contribution in [1.82, 2.24) is 4.67 Å². The summed E-state index contributed by atoms with van der Waals surface area (Å²) in [6.45, 7) is 11.7. The zero-order valence-electron chi connectivity index (χ0n) is 19.6. The van der Waals surface area contributed by atoms with Gasteiger partial charge in [-0.3, -0.25) is 4.57 Å². The lowest BCUT2D eigenvalue weighted by atomic mass is 10.0. The molecule has 0 rings (SSSR count). The lowest BCUT2D eigenvalue weighted by Gasteiger charge is -2.32. The summed E-state index contributed by atoms with van der Waals surface area (Å²) in [5.74, 6) is 1.36. The zero-order chi connectivity index (χ0) is 23.7. The standard InChI is InChI=1S/C19H37BN2O7P2/c1-7-12-26-16-19(20)29-18(10-14-31(23,24-5)25-6)15-28-30(27-13-9-11-21)22(8-2)17(3)4/h7,10,14,17-19H,1,8-9,12-13,15-16,20H2,2-6H3/b14-10+. The molecule has 0 bridgehead atoms. The summed E-state index contributed by atoms with van der Waals surface area (Å²) in [5.41, 5.74) is 0. The Bertz CT molecular complexity index is 596. The van der Waals surface area contributed by atoms with E-state index in [0.717, 1.165) is 6.54 Å². The maximum absolute atomic E-state index is 12.4. The Balaban J connectivity index is 5.32. The van der Waals surface area contributed by atoms with Gasteiger partial charge in [-0.25, -0.2) is 4.67 Å². The van der Waals surface area contributed by atoms with Crippen LogP contribution in [0.25, 0.3) is 0 Å². The fourth-order valence-corrected chi connectivity index (χ4v) is 4.65. The molecule has 0 aromatic rings. The van der Waals surface area contributed by atoms with E-state index in [0.29, 0.717) is 13.2 Å². The van der Waals surface area contributed by atoms with E-state index in [1.54, 1.807) is 12.2 Å². The van der Waals surface area contributed by atoms with Crippen molar-refractivity contribution in [2.24, 2.45) is 0 Å². The highest BCUT2D eigenvalue weighted by Gasteiger charge is 2.25. The van der Waals surface area contributed by atoms with Gasteiger partial charge in [0.25, 0.3) is 8.53 Å². The molecule has 9 nitrogen and oxygen atoms in total. The fraction of sp³-hybridized carbons (Fsp3) is 0.737. The number of nitriles is 1. The maximum Gasteiger partial charge on any atom is 0.353 e. The third kappa shape index (κ3) is 13.5. The summed E-state index contributed by atoms with van der Waals surface area (Å²) >= 11 is 0. The molecule has 0 spiro atoms. The van der Waals surface area contributed by atoms with Gasteiger partial charge in [-0.1, -0.05) is 13.0 Å². The normalized spacial score (nSPS) is 15.3. The molecule has 0 aliphatic rings. The number of nitrogens with zero attached hydrogens (tertiary/aromatic N) is 2. The molecule has 3 unspecified atom stereocenters. The molecular formula is C19H37BN2O7P2. The van der Waals surface area contributed by atoms with Gasteiger partial charge in [0.1, 0.15) is 7.85 Å². The third-order valence-corrected chi connectivity index (χ3v) is 7.38. The topological polar surface area (TPSA) is 99.5 Å². The number of ether oxygens (including phenoxy) is 2. The van der Waals surface area contributed by atoms with Crippen LogP contribution in [-0.4, -0.2) is 77.9 Å². The molecule has 0 fully saturated rings. The second-order valence-electron chi connectivity index (χ2n) is 6.68. The first kappa shape index (κ1) is 30.4. The molecule has 178 valence electrons. The van der Waals surface area contributed by atoms with E-state index < -0.39 is 22.2 Å². The van der Waals surface area contributed by atoms with E-state index in [-0.39, 0.29) is 31.7 Å². The van der Waals surface area contributed by atoms with Gasteiger partial charge in [0.2, 0.25) is 0 Å². The molecule has 0 aromatic carbocycles. The van der Waals surface area contributed by atoms with Crippen molar-refractivity contribution < 1.29 is 32.1 Å². The van der Waals surface area contributed by atoms with Gasteiger partial charge in [0, 0.05) is 38.6 Å². The molecule has 0 saturated carbocycles. The van der Waals surface area contributed by atoms with Crippen molar-refractivity contribution >= 4 is 24.0 Å². The van der Waals surface area contributed by atoms with Crippen LogP contribution in [0.5, 0.6) is 0 Å². The average Bonchev–Trinajstić information content (AvgIpc) is 2.75. The molecule has 0 N–H and O–H groups in total. The Hall–Kier alpha value is -0.585. The molecule has 0 saturated heterocycles. The van der Waals surface area contributed by atoms with Gasteiger partial charge >= 0.3 is 7.60 Å². The Morgan fingerprint density at radius 2 is 1.94 bits per heavy atom. The SMILES string of the molecule is BC(COCC=C)OC(/C=C/P(=O)(OC)OC)COP(OCCC#N)N(CC)C(C)C. The molecule has 12 heteroatoms. The minimum absolute atomic E-state index is 0.150. The molecule has 0 heterocycles. The Morgan fingerprint density at radius 1 is 1.26 bits per heavy atom. The fourth-order valence-electron chi connectivity index (χ4n) is 2.35. The van der Waals surface area contributed by atoms with E-state index in [2.05, 4.69) is 31.2 Å². The zero-order valence-corrected chi connectivity index (χ0v) is 21.3. The number of rotatable bonds is 19. The third-order valence-electron chi connectivity index (χ3n) is 3.88. The van der Waals surface area contributed by atoms with Gasteiger partial charge < -0.3 is 27.6 Å². The number of hydrogen-bond donors (Lipinski definition) is 0. The van der Waals surface area contributed by atoms with Crippen LogP contribution in [0, 0.1) is 11.3 Å². The lowest BCUT2D eigenvalue weighted by molar-refractivity contribution is -0.0122.